The lowest BCUT2D eigenvalue weighted by Gasteiger charge is -2.08. The van der Waals surface area contributed by atoms with E-state index in [1.54, 1.807) is 6.33 Å². The van der Waals surface area contributed by atoms with Crippen molar-refractivity contribution in [2.45, 2.75) is 38.5 Å². The van der Waals surface area contributed by atoms with E-state index in [0.717, 1.165) is 5.52 Å². The van der Waals surface area contributed by atoms with Crippen molar-refractivity contribution < 1.29 is 0 Å². The van der Waals surface area contributed by atoms with Crippen molar-refractivity contribution in [2.24, 2.45) is 0 Å². The van der Waals surface area contributed by atoms with Crippen molar-refractivity contribution >= 4 is 11.3 Å². The van der Waals surface area contributed by atoms with Crippen LogP contribution in [-0.4, -0.2) is 14.6 Å². The maximum Gasteiger partial charge on any atom is 0.151 e. The van der Waals surface area contributed by atoms with Gasteiger partial charge in [0.1, 0.15) is 11.8 Å². The molecule has 1 aliphatic rings. The van der Waals surface area contributed by atoms with Gasteiger partial charge in [-0.05, 0) is 31.4 Å². The summed E-state index contributed by atoms with van der Waals surface area (Å²) in [5, 5.41) is 4.33. The summed E-state index contributed by atoms with van der Waals surface area (Å²) in [6, 6.07) is 2.22. The lowest BCUT2D eigenvalue weighted by molar-refractivity contribution is 0.665. The molecular weight excluding hydrogens is 200 g/mol. The summed E-state index contributed by atoms with van der Waals surface area (Å²) in [4.78, 5) is 4.05. The number of anilines is 1. The second kappa shape index (κ2) is 3.47. The van der Waals surface area contributed by atoms with Crippen LogP contribution in [0.25, 0.3) is 5.52 Å². The molecule has 1 saturated carbocycles. The van der Waals surface area contributed by atoms with Gasteiger partial charge in [-0.15, -0.1) is 0 Å². The van der Waals surface area contributed by atoms with Crippen LogP contribution in [0.4, 0.5) is 5.82 Å². The van der Waals surface area contributed by atoms with Gasteiger partial charge in [0.25, 0.3) is 0 Å². The molecule has 84 valence electrons. The molecule has 4 nitrogen and oxygen atoms in total. The van der Waals surface area contributed by atoms with Gasteiger partial charge in [-0.1, -0.05) is 12.8 Å². The molecule has 0 aromatic carbocycles. The molecule has 0 unspecified atom stereocenters. The van der Waals surface area contributed by atoms with E-state index in [1.165, 1.54) is 36.9 Å². The third-order valence-corrected chi connectivity index (χ3v) is 3.57. The molecule has 2 heterocycles. The minimum absolute atomic E-state index is 0.580. The molecule has 0 bridgehead atoms. The molecule has 2 aromatic rings. The summed E-state index contributed by atoms with van der Waals surface area (Å²) in [6.45, 7) is 2.08. The van der Waals surface area contributed by atoms with E-state index < -0.39 is 0 Å². The minimum Gasteiger partial charge on any atom is -0.382 e. The van der Waals surface area contributed by atoms with Gasteiger partial charge in [-0.2, -0.15) is 5.10 Å². The quantitative estimate of drug-likeness (QED) is 0.795. The Balaban J connectivity index is 2.22. The number of nitrogens with two attached hydrogens (primary N) is 1. The lowest BCUT2D eigenvalue weighted by Crippen LogP contribution is -2.04. The minimum atomic E-state index is 0.580. The SMILES string of the molecule is Cc1cc(C2CCCC2)n2ncnc(N)c12. The van der Waals surface area contributed by atoms with Crippen molar-refractivity contribution in [3.63, 3.8) is 0 Å². The molecule has 16 heavy (non-hydrogen) atoms. The van der Waals surface area contributed by atoms with Crippen LogP contribution in [0.1, 0.15) is 42.9 Å². The number of nitrogen functional groups attached to an aromatic ring is 1. The zero-order valence-corrected chi connectivity index (χ0v) is 9.48. The second-order valence-corrected chi connectivity index (χ2v) is 4.64. The first-order valence-electron chi connectivity index (χ1n) is 5.86. The van der Waals surface area contributed by atoms with Gasteiger partial charge < -0.3 is 5.73 Å². The van der Waals surface area contributed by atoms with Crippen molar-refractivity contribution in [3.8, 4) is 0 Å². The first kappa shape index (κ1) is 9.63. The third-order valence-electron chi connectivity index (χ3n) is 3.57. The summed E-state index contributed by atoms with van der Waals surface area (Å²) in [7, 11) is 0. The first-order valence-corrected chi connectivity index (χ1v) is 5.86. The van der Waals surface area contributed by atoms with Gasteiger partial charge in [0.05, 0.1) is 0 Å². The van der Waals surface area contributed by atoms with Gasteiger partial charge >= 0.3 is 0 Å². The van der Waals surface area contributed by atoms with Crippen LogP contribution < -0.4 is 5.73 Å². The molecule has 2 aromatic heterocycles. The fourth-order valence-electron chi connectivity index (χ4n) is 2.80. The van der Waals surface area contributed by atoms with Crippen molar-refractivity contribution in [2.75, 3.05) is 5.73 Å². The number of fused-ring (bicyclic) bond motifs is 1. The van der Waals surface area contributed by atoms with Gasteiger partial charge in [-0.3, -0.25) is 0 Å². The highest BCUT2D eigenvalue weighted by Gasteiger charge is 2.22. The van der Waals surface area contributed by atoms with Gasteiger partial charge in [-0.25, -0.2) is 9.50 Å². The molecule has 4 heteroatoms. The molecule has 0 atom stereocenters. The summed E-state index contributed by atoms with van der Waals surface area (Å²) in [5.41, 5.74) is 9.36. The number of aryl methyl sites for hydroxylation is 1. The summed E-state index contributed by atoms with van der Waals surface area (Å²) >= 11 is 0. The van der Waals surface area contributed by atoms with E-state index in [1.807, 2.05) is 4.52 Å². The average molecular weight is 216 g/mol. The van der Waals surface area contributed by atoms with Crippen LogP contribution >= 0.6 is 0 Å². The highest BCUT2D eigenvalue weighted by molar-refractivity contribution is 5.70. The van der Waals surface area contributed by atoms with E-state index in [9.17, 15) is 0 Å². The molecule has 0 saturated heterocycles. The number of rotatable bonds is 1. The summed E-state index contributed by atoms with van der Waals surface area (Å²) in [5.74, 6) is 1.23. The molecule has 0 radical (unpaired) electrons. The summed E-state index contributed by atoms with van der Waals surface area (Å²) in [6.07, 6.45) is 6.75. The standard InChI is InChI=1S/C12H16N4/c1-8-6-10(9-4-2-3-5-9)16-11(8)12(13)14-7-15-16/h6-7,9H,2-5H2,1H3,(H2,13,14,15). The van der Waals surface area contributed by atoms with E-state index in [-0.39, 0.29) is 0 Å². The molecular formula is C12H16N4. The van der Waals surface area contributed by atoms with E-state index in [0.29, 0.717) is 11.7 Å². The Morgan fingerprint density at radius 1 is 1.38 bits per heavy atom. The fourth-order valence-corrected chi connectivity index (χ4v) is 2.80. The van der Waals surface area contributed by atoms with Crippen LogP contribution in [0.15, 0.2) is 12.4 Å². The van der Waals surface area contributed by atoms with Crippen LogP contribution in [0.3, 0.4) is 0 Å². The monoisotopic (exact) mass is 216 g/mol. The lowest BCUT2D eigenvalue weighted by atomic mass is 10.0. The Bertz CT molecular complexity index is 523. The molecule has 0 aliphatic heterocycles. The van der Waals surface area contributed by atoms with Crippen LogP contribution in [-0.2, 0) is 0 Å². The maximum atomic E-state index is 5.90. The van der Waals surface area contributed by atoms with Crippen LogP contribution in [0.2, 0.25) is 0 Å². The molecule has 1 fully saturated rings. The normalized spacial score (nSPS) is 17.3. The Morgan fingerprint density at radius 2 is 2.12 bits per heavy atom. The van der Waals surface area contributed by atoms with E-state index >= 15 is 0 Å². The Hall–Kier alpha value is -1.58. The van der Waals surface area contributed by atoms with Crippen LogP contribution in [0, 0.1) is 6.92 Å². The highest BCUT2D eigenvalue weighted by Crippen LogP contribution is 2.36. The topological polar surface area (TPSA) is 56.2 Å². The maximum absolute atomic E-state index is 5.90. The van der Waals surface area contributed by atoms with Crippen molar-refractivity contribution in [3.05, 3.63) is 23.7 Å². The van der Waals surface area contributed by atoms with E-state index in [4.69, 9.17) is 5.73 Å². The number of hydrogen-bond acceptors (Lipinski definition) is 3. The predicted molar refractivity (Wildman–Crippen MR) is 63.3 cm³/mol. The average Bonchev–Trinajstić information content (AvgIpc) is 2.86. The van der Waals surface area contributed by atoms with Crippen molar-refractivity contribution in [1.29, 1.82) is 0 Å². The Kier molecular flexibility index (Phi) is 2.09. The Labute approximate surface area is 94.5 Å². The number of aromatic nitrogens is 3. The summed E-state index contributed by atoms with van der Waals surface area (Å²) < 4.78 is 1.98. The third kappa shape index (κ3) is 1.29. The molecule has 3 rings (SSSR count). The fraction of sp³-hybridized carbons (Fsp3) is 0.500. The second-order valence-electron chi connectivity index (χ2n) is 4.64. The zero-order valence-electron chi connectivity index (χ0n) is 9.48. The van der Waals surface area contributed by atoms with Gasteiger partial charge in [0.15, 0.2) is 5.82 Å². The zero-order chi connectivity index (χ0) is 11.1. The largest absolute Gasteiger partial charge is 0.382 e. The van der Waals surface area contributed by atoms with Gasteiger partial charge in [0.2, 0.25) is 0 Å². The van der Waals surface area contributed by atoms with E-state index in [2.05, 4.69) is 23.1 Å². The van der Waals surface area contributed by atoms with Crippen molar-refractivity contribution in [1.82, 2.24) is 14.6 Å². The smallest absolute Gasteiger partial charge is 0.151 e. The Morgan fingerprint density at radius 3 is 2.88 bits per heavy atom. The molecule has 2 N–H and O–H groups in total. The first-order chi connectivity index (χ1) is 7.77. The number of nitrogens with zero attached hydrogens (tertiary/aromatic N) is 3. The molecule has 0 spiro atoms. The molecule has 1 aliphatic carbocycles. The predicted octanol–water partition coefficient (Wildman–Crippen LogP) is 2.28. The molecule has 0 amide bonds. The van der Waals surface area contributed by atoms with Crippen LogP contribution in [0.5, 0.6) is 0 Å². The van der Waals surface area contributed by atoms with Gasteiger partial charge in [0, 0.05) is 11.6 Å². The number of hydrogen-bond donors (Lipinski definition) is 1. The highest BCUT2D eigenvalue weighted by atomic mass is 15.3.